The second kappa shape index (κ2) is 8.82. The third-order valence-corrected chi connectivity index (χ3v) is 0. The van der Waals surface area contributed by atoms with Crippen LogP contribution in [0.2, 0.25) is 0 Å². The molecule has 0 bridgehead atoms. The third-order valence-electron chi connectivity index (χ3n) is 0. The van der Waals surface area contributed by atoms with Crippen molar-refractivity contribution in [1.82, 2.24) is 0 Å². The van der Waals surface area contributed by atoms with E-state index in [2.05, 4.69) is 0 Å². The summed E-state index contributed by atoms with van der Waals surface area (Å²) in [7, 11) is 0. The van der Waals surface area contributed by atoms with E-state index >= 15 is 0 Å². The molecule has 0 aromatic rings. The molecule has 0 fully saturated rings. The van der Waals surface area contributed by atoms with Crippen LogP contribution in [0.15, 0.2) is 0 Å². The van der Waals surface area contributed by atoms with Crippen molar-refractivity contribution in [3.63, 3.8) is 0 Å². The molecule has 4 heteroatoms. The molecule has 0 N–H and O–H groups in total. The van der Waals surface area contributed by atoms with E-state index in [0.717, 1.165) is 0 Å². The van der Waals surface area contributed by atoms with Crippen LogP contribution >= 0.6 is 0 Å². The van der Waals surface area contributed by atoms with E-state index < -0.39 is 22.0 Å². The molecule has 0 radical (unpaired) electrons. The Hall–Kier alpha value is 1.65. The van der Waals surface area contributed by atoms with Gasteiger partial charge in [0.05, 0.1) is 0 Å². The van der Waals surface area contributed by atoms with E-state index in [0.29, 0.717) is 0 Å². The molecular formula is INaO2. The van der Waals surface area contributed by atoms with Gasteiger partial charge in [0.25, 0.3) is 0 Å². The predicted molar refractivity (Wildman–Crippen MR) is 0 cm³/mol. The Kier molecular flexibility index (Phi) is 20.2. The summed E-state index contributed by atoms with van der Waals surface area (Å²) in [4.78, 5) is 0. The molecule has 0 aromatic heterocycles. The second-order valence-electron chi connectivity index (χ2n) is 0.0630. The Morgan fingerprint density at radius 1 is 1.25 bits per heavy atom. The molecule has 0 saturated heterocycles. The van der Waals surface area contributed by atoms with Crippen molar-refractivity contribution < 1.29 is 58.5 Å². The predicted octanol–water partition coefficient (Wildman–Crippen LogP) is -8.37. The minimum atomic E-state index is -1.91. The topological polar surface area (TPSA) is 46.1 Å². The van der Waals surface area contributed by atoms with Gasteiger partial charge in [-0.15, -0.1) is 0 Å². The molecule has 0 atom stereocenters. The van der Waals surface area contributed by atoms with Crippen LogP contribution in [0.4, 0.5) is 0 Å². The van der Waals surface area contributed by atoms with Crippen molar-refractivity contribution in [2.45, 2.75) is 0 Å². The van der Waals surface area contributed by atoms with Crippen molar-refractivity contribution in [2.24, 2.45) is 0 Å². The number of hydrogen-bond acceptors (Lipinski definition) is 2. The first-order valence-electron chi connectivity index (χ1n) is 0.309. The zero-order valence-electron chi connectivity index (χ0n) is 2.19. The van der Waals surface area contributed by atoms with Crippen LogP contribution in [0.5, 0.6) is 0 Å². The van der Waals surface area contributed by atoms with Gasteiger partial charge in [-0.1, -0.05) is 0 Å². The molecule has 0 aliphatic carbocycles. The summed E-state index contributed by atoms with van der Waals surface area (Å²) < 4.78 is 17.0. The maximum atomic E-state index is 8.48. The van der Waals surface area contributed by atoms with E-state index in [-0.39, 0.29) is 29.6 Å². The van der Waals surface area contributed by atoms with Gasteiger partial charge in [-0.3, -0.25) is 0 Å². The molecule has 2 nitrogen and oxygen atoms in total. The van der Waals surface area contributed by atoms with Crippen molar-refractivity contribution >= 4 is 0 Å². The number of hydrogen-bond donors (Lipinski definition) is 0. The molecule has 0 spiro atoms. The normalized spacial score (nSPS) is 4.50. The van der Waals surface area contributed by atoms with Gasteiger partial charge in [-0.25, -0.2) is 0 Å². The average Bonchev–Trinajstić information content (AvgIpc) is 0.918. The summed E-state index contributed by atoms with van der Waals surface area (Å²) >= 11 is -1.91. The summed E-state index contributed by atoms with van der Waals surface area (Å²) in [5.41, 5.74) is 0. The first-order valence-corrected chi connectivity index (χ1v) is 2.07. The third kappa shape index (κ3) is 9.41. The monoisotopic (exact) mass is 182 g/mol. The minimum Gasteiger partial charge on any atom is -0.599 e. The summed E-state index contributed by atoms with van der Waals surface area (Å²) in [6, 6.07) is 0. The SMILES string of the molecule is [Na+].[O-][I+][O-]. The molecular weight excluding hydrogens is 182 g/mol. The van der Waals surface area contributed by atoms with Crippen molar-refractivity contribution in [2.75, 3.05) is 0 Å². The van der Waals surface area contributed by atoms with E-state index in [1.807, 2.05) is 0 Å². The average molecular weight is 182 g/mol. The number of rotatable bonds is 0. The van der Waals surface area contributed by atoms with Crippen LogP contribution < -0.4 is 58.5 Å². The fourth-order valence-electron chi connectivity index (χ4n) is 0. The van der Waals surface area contributed by atoms with Gasteiger partial charge in [0.1, 0.15) is 0 Å². The van der Waals surface area contributed by atoms with E-state index in [4.69, 9.17) is 6.87 Å². The molecule has 0 heterocycles. The van der Waals surface area contributed by atoms with Crippen LogP contribution in [0.25, 0.3) is 0 Å². The first kappa shape index (κ1) is 9.17. The molecule has 0 aliphatic heterocycles. The molecule has 0 aromatic carbocycles. The van der Waals surface area contributed by atoms with Gasteiger partial charge in [-0.05, 0) is 0 Å². The van der Waals surface area contributed by atoms with Gasteiger partial charge in [0, 0.05) is 0 Å². The Morgan fingerprint density at radius 2 is 1.25 bits per heavy atom. The van der Waals surface area contributed by atoms with Crippen molar-refractivity contribution in [3.05, 3.63) is 0 Å². The minimum absolute atomic E-state index is 0. The van der Waals surface area contributed by atoms with E-state index in [1.54, 1.807) is 0 Å². The summed E-state index contributed by atoms with van der Waals surface area (Å²) in [5.74, 6) is 0. The van der Waals surface area contributed by atoms with Crippen LogP contribution in [-0.2, 0) is 0 Å². The Labute approximate surface area is 57.9 Å². The van der Waals surface area contributed by atoms with Gasteiger partial charge in [-0.2, -0.15) is 0 Å². The molecule has 4 heavy (non-hydrogen) atoms. The maximum Gasteiger partial charge on any atom is 1.00 e. The van der Waals surface area contributed by atoms with Crippen LogP contribution in [0, 0.1) is 0 Å². The standard InChI is InChI=1S/IO2.Na/c2-1-3;/q-1;+1. The van der Waals surface area contributed by atoms with Crippen LogP contribution in [0.3, 0.4) is 0 Å². The second-order valence-corrected chi connectivity index (χ2v) is 0.423. The zero-order chi connectivity index (χ0) is 2.71. The zero-order valence-corrected chi connectivity index (χ0v) is 6.35. The van der Waals surface area contributed by atoms with Crippen LogP contribution in [-0.4, -0.2) is 0 Å². The van der Waals surface area contributed by atoms with Crippen molar-refractivity contribution in [3.8, 4) is 0 Å². The Morgan fingerprint density at radius 3 is 1.25 bits per heavy atom. The largest absolute Gasteiger partial charge is 1.00 e. The fourth-order valence-corrected chi connectivity index (χ4v) is 0. The summed E-state index contributed by atoms with van der Waals surface area (Å²) in [6.45, 7) is 0. The van der Waals surface area contributed by atoms with Crippen molar-refractivity contribution in [1.29, 1.82) is 0 Å². The molecule has 0 amide bonds. The van der Waals surface area contributed by atoms with Gasteiger partial charge in [0.2, 0.25) is 0 Å². The summed E-state index contributed by atoms with van der Waals surface area (Å²) in [5, 5.41) is 0. The first-order chi connectivity index (χ1) is 1.41. The molecule has 0 rings (SSSR count). The smallest absolute Gasteiger partial charge is 0.599 e. The quantitative estimate of drug-likeness (QED) is 0.276. The summed E-state index contributed by atoms with van der Waals surface area (Å²) in [6.07, 6.45) is 0. The molecule has 20 valence electrons. The van der Waals surface area contributed by atoms with E-state index in [9.17, 15) is 0 Å². The Bertz CT molecular complexity index is 6.00. The number of halogens is 1. The van der Waals surface area contributed by atoms with Gasteiger partial charge >= 0.3 is 29.6 Å². The molecule has 0 unspecified atom stereocenters. The van der Waals surface area contributed by atoms with Crippen LogP contribution in [0.1, 0.15) is 0 Å². The van der Waals surface area contributed by atoms with Gasteiger partial charge < -0.3 is 6.87 Å². The molecule has 0 aliphatic rings. The Balaban J connectivity index is 0. The fraction of sp³-hybridized carbons (Fsp3) is 0. The van der Waals surface area contributed by atoms with Gasteiger partial charge in [0.15, 0.2) is 22.0 Å². The maximum absolute atomic E-state index is 8.48. The molecule has 0 saturated carbocycles. The van der Waals surface area contributed by atoms with E-state index in [1.165, 1.54) is 0 Å².